The summed E-state index contributed by atoms with van der Waals surface area (Å²) in [6, 6.07) is 13.2. The van der Waals surface area contributed by atoms with E-state index in [9.17, 15) is 5.11 Å². The molecule has 0 fully saturated rings. The van der Waals surface area contributed by atoms with Crippen LogP contribution in [0, 0.1) is 5.41 Å². The van der Waals surface area contributed by atoms with Crippen LogP contribution in [-0.4, -0.2) is 44.0 Å². The van der Waals surface area contributed by atoms with Gasteiger partial charge in [0, 0.05) is 17.6 Å². The molecule has 4 aromatic rings. The van der Waals surface area contributed by atoms with Gasteiger partial charge in [-0.15, -0.1) is 5.10 Å². The van der Waals surface area contributed by atoms with Crippen LogP contribution in [0.2, 0.25) is 0 Å². The number of aliphatic hydroxyl groups is 1. The summed E-state index contributed by atoms with van der Waals surface area (Å²) >= 11 is 0. The molecule has 8 heteroatoms. The maximum absolute atomic E-state index is 9.49. The largest absolute Gasteiger partial charge is 0.496 e. The van der Waals surface area contributed by atoms with Crippen LogP contribution in [0.15, 0.2) is 47.0 Å². The smallest absolute Gasteiger partial charge is 0.262 e. The fourth-order valence-corrected chi connectivity index (χ4v) is 2.95. The number of fused-ring (bicyclic) bond motifs is 1. The van der Waals surface area contributed by atoms with Crippen LogP contribution >= 0.6 is 0 Å². The molecule has 1 N–H and O–H groups in total. The van der Waals surface area contributed by atoms with E-state index < -0.39 is 0 Å². The zero-order valence-corrected chi connectivity index (χ0v) is 16.0. The first-order chi connectivity index (χ1) is 13.5. The number of benzene rings is 2. The van der Waals surface area contributed by atoms with Crippen molar-refractivity contribution in [1.82, 2.24) is 25.1 Å². The average Bonchev–Trinajstić information content (AvgIpc) is 3.35. The van der Waals surface area contributed by atoms with Gasteiger partial charge in [0.15, 0.2) is 0 Å². The molecule has 0 unspecified atom stereocenters. The summed E-state index contributed by atoms with van der Waals surface area (Å²) in [4.78, 5) is 4.50. The Morgan fingerprint density at radius 2 is 2.00 bits per heavy atom. The van der Waals surface area contributed by atoms with Crippen LogP contribution in [-0.2, 0) is 6.54 Å². The van der Waals surface area contributed by atoms with E-state index in [4.69, 9.17) is 9.26 Å². The Labute approximate surface area is 161 Å². The molecular formula is C20H21N5O3. The lowest BCUT2D eigenvalue weighted by Crippen LogP contribution is -2.24. The molecule has 28 heavy (non-hydrogen) atoms. The molecule has 0 saturated heterocycles. The van der Waals surface area contributed by atoms with E-state index in [0.717, 1.165) is 22.2 Å². The predicted octanol–water partition coefficient (Wildman–Crippen LogP) is 3.18. The fraction of sp³-hybridized carbons (Fsp3) is 0.300. The van der Waals surface area contributed by atoms with Crippen molar-refractivity contribution in [2.45, 2.75) is 20.4 Å². The van der Waals surface area contributed by atoms with Crippen LogP contribution < -0.4 is 4.74 Å². The summed E-state index contributed by atoms with van der Waals surface area (Å²) < 4.78 is 12.6. The Morgan fingerprint density at radius 1 is 1.18 bits per heavy atom. The molecule has 2 heterocycles. The highest BCUT2D eigenvalue weighted by molar-refractivity contribution is 5.80. The minimum absolute atomic E-state index is 0.0705. The van der Waals surface area contributed by atoms with Crippen molar-refractivity contribution in [3.63, 3.8) is 0 Å². The molecule has 0 bridgehead atoms. The quantitative estimate of drug-likeness (QED) is 0.549. The SMILES string of the molecule is COc1ccccc1-c1nc(-c2ccc3c(c2)nnn3CC(C)(C)CO)no1. The molecule has 0 atom stereocenters. The van der Waals surface area contributed by atoms with Gasteiger partial charge in [-0.1, -0.05) is 36.4 Å². The van der Waals surface area contributed by atoms with E-state index >= 15 is 0 Å². The van der Waals surface area contributed by atoms with Gasteiger partial charge >= 0.3 is 0 Å². The first-order valence-corrected chi connectivity index (χ1v) is 8.92. The first-order valence-electron chi connectivity index (χ1n) is 8.92. The van der Waals surface area contributed by atoms with Crippen LogP contribution in [0.4, 0.5) is 0 Å². The standard InChI is InChI=1S/C20H21N5O3/c1-20(2,12-26)11-25-16-9-8-13(10-15(16)22-24-25)18-21-19(28-23-18)14-6-4-5-7-17(14)27-3/h4-10,26H,11-12H2,1-3H3. The summed E-state index contributed by atoms with van der Waals surface area (Å²) in [5.74, 6) is 1.52. The lowest BCUT2D eigenvalue weighted by atomic mass is 9.95. The molecule has 8 nitrogen and oxygen atoms in total. The number of nitrogens with zero attached hydrogens (tertiary/aromatic N) is 5. The number of ether oxygens (including phenoxy) is 1. The van der Waals surface area contributed by atoms with Crippen molar-refractivity contribution in [3.05, 3.63) is 42.5 Å². The molecule has 4 rings (SSSR count). The minimum atomic E-state index is -0.281. The maximum atomic E-state index is 9.49. The van der Waals surface area contributed by atoms with E-state index in [1.54, 1.807) is 11.8 Å². The second-order valence-corrected chi connectivity index (χ2v) is 7.40. The highest BCUT2D eigenvalue weighted by Crippen LogP contribution is 2.30. The molecule has 0 aliphatic rings. The molecule has 0 saturated carbocycles. The van der Waals surface area contributed by atoms with Crippen molar-refractivity contribution in [2.24, 2.45) is 5.41 Å². The van der Waals surface area contributed by atoms with Gasteiger partial charge in [0.1, 0.15) is 11.3 Å². The summed E-state index contributed by atoms with van der Waals surface area (Å²) in [6.45, 7) is 4.60. The van der Waals surface area contributed by atoms with Crippen molar-refractivity contribution >= 4 is 11.0 Å². The molecule has 2 aromatic carbocycles. The highest BCUT2D eigenvalue weighted by atomic mass is 16.5. The van der Waals surface area contributed by atoms with Crippen LogP contribution in [0.5, 0.6) is 5.75 Å². The number of hydrogen-bond acceptors (Lipinski definition) is 7. The van der Waals surface area contributed by atoms with Gasteiger partial charge < -0.3 is 14.4 Å². The van der Waals surface area contributed by atoms with E-state index in [0.29, 0.717) is 24.0 Å². The number of rotatable bonds is 6. The lowest BCUT2D eigenvalue weighted by Gasteiger charge is -2.21. The van der Waals surface area contributed by atoms with Crippen LogP contribution in [0.1, 0.15) is 13.8 Å². The maximum Gasteiger partial charge on any atom is 0.262 e. The normalized spacial score (nSPS) is 11.9. The summed E-state index contributed by atoms with van der Waals surface area (Å²) in [6.07, 6.45) is 0. The van der Waals surface area contributed by atoms with Crippen molar-refractivity contribution < 1.29 is 14.4 Å². The van der Waals surface area contributed by atoms with Crippen molar-refractivity contribution in [2.75, 3.05) is 13.7 Å². The first kappa shape index (κ1) is 18.1. The number of methoxy groups -OCH3 is 1. The topological polar surface area (TPSA) is 99.1 Å². The van der Waals surface area contributed by atoms with E-state index in [1.165, 1.54) is 0 Å². The molecule has 0 aliphatic carbocycles. The molecule has 2 aromatic heterocycles. The summed E-state index contributed by atoms with van der Waals surface area (Å²) in [7, 11) is 1.60. The molecule has 0 spiro atoms. The summed E-state index contributed by atoms with van der Waals surface area (Å²) in [5.41, 5.74) is 2.86. The second-order valence-electron chi connectivity index (χ2n) is 7.40. The van der Waals surface area contributed by atoms with Crippen LogP contribution in [0.25, 0.3) is 33.9 Å². The van der Waals surface area contributed by atoms with E-state index in [-0.39, 0.29) is 12.0 Å². The Kier molecular flexibility index (Phi) is 4.56. The number of aromatic nitrogens is 5. The van der Waals surface area contributed by atoms with Gasteiger partial charge in [-0.05, 0) is 30.3 Å². The molecule has 0 radical (unpaired) electrons. The average molecular weight is 379 g/mol. The fourth-order valence-electron chi connectivity index (χ4n) is 2.95. The van der Waals surface area contributed by atoms with Gasteiger partial charge in [0.2, 0.25) is 5.82 Å². The van der Waals surface area contributed by atoms with E-state index in [1.807, 2.05) is 56.3 Å². The Morgan fingerprint density at radius 3 is 2.79 bits per heavy atom. The van der Waals surface area contributed by atoms with Crippen LogP contribution in [0.3, 0.4) is 0 Å². The number of hydrogen-bond donors (Lipinski definition) is 1. The minimum Gasteiger partial charge on any atom is -0.496 e. The number of aliphatic hydroxyl groups excluding tert-OH is 1. The third kappa shape index (κ3) is 3.34. The molecule has 144 valence electrons. The Balaban J connectivity index is 1.66. The third-order valence-electron chi connectivity index (χ3n) is 4.54. The number of para-hydroxylation sites is 1. The molecule has 0 aliphatic heterocycles. The van der Waals surface area contributed by atoms with Crippen molar-refractivity contribution in [1.29, 1.82) is 0 Å². The van der Waals surface area contributed by atoms with Gasteiger partial charge in [0.05, 0.1) is 24.7 Å². The Hall–Kier alpha value is -3.26. The lowest BCUT2D eigenvalue weighted by molar-refractivity contribution is 0.137. The zero-order valence-electron chi connectivity index (χ0n) is 16.0. The summed E-state index contributed by atoms with van der Waals surface area (Å²) in [5, 5.41) is 22.0. The second kappa shape index (κ2) is 7.05. The molecular weight excluding hydrogens is 358 g/mol. The van der Waals surface area contributed by atoms with Gasteiger partial charge in [-0.3, -0.25) is 0 Å². The van der Waals surface area contributed by atoms with Gasteiger partial charge in [-0.2, -0.15) is 4.98 Å². The van der Waals surface area contributed by atoms with Crippen molar-refractivity contribution in [3.8, 4) is 28.6 Å². The van der Waals surface area contributed by atoms with Gasteiger partial charge in [-0.25, -0.2) is 4.68 Å². The highest BCUT2D eigenvalue weighted by Gasteiger charge is 2.20. The van der Waals surface area contributed by atoms with Gasteiger partial charge in [0.25, 0.3) is 5.89 Å². The third-order valence-corrected chi connectivity index (χ3v) is 4.54. The monoisotopic (exact) mass is 379 g/mol. The zero-order chi connectivity index (χ0) is 19.7. The van der Waals surface area contributed by atoms with E-state index in [2.05, 4.69) is 20.5 Å². The predicted molar refractivity (Wildman–Crippen MR) is 104 cm³/mol. The Bertz CT molecular complexity index is 1120. The molecule has 0 amide bonds.